The molecule has 0 spiro atoms. The number of H-pyrrole nitrogens is 1. The quantitative estimate of drug-likeness (QED) is 0.283. The van der Waals surface area contributed by atoms with E-state index in [2.05, 4.69) is 145 Å². The molecule has 0 fully saturated rings. The normalized spacial score (nSPS) is 10.8. The van der Waals surface area contributed by atoms with Gasteiger partial charge < -0.3 is 4.98 Å². The molecule has 1 heterocycles. The van der Waals surface area contributed by atoms with Crippen molar-refractivity contribution >= 4 is 46.2 Å². The molecule has 6 rings (SSSR count). The topological polar surface area (TPSA) is 15.8 Å². The van der Waals surface area contributed by atoms with Crippen LogP contribution in [0.5, 0.6) is 0 Å². The summed E-state index contributed by atoms with van der Waals surface area (Å²) >= 11 is 0. The van der Waals surface area contributed by atoms with Crippen molar-refractivity contribution in [1.82, 2.24) is 4.98 Å². The van der Waals surface area contributed by atoms with Crippen LogP contribution in [-0.4, -0.2) is 13.8 Å². The number of hydrogen-bond donors (Lipinski definition) is 1. The number of rotatable bonds is 3. The van der Waals surface area contributed by atoms with Gasteiger partial charge in [0.15, 0.2) is 8.80 Å². The molecule has 0 saturated carbocycles. The van der Waals surface area contributed by atoms with E-state index in [1.54, 1.807) is 0 Å². The predicted molar refractivity (Wildman–Crippen MR) is 140 cm³/mol. The summed E-state index contributed by atoms with van der Waals surface area (Å²) in [5.41, 5.74) is 2.42. The zero-order valence-electron chi connectivity index (χ0n) is 17.8. The van der Waals surface area contributed by atoms with Gasteiger partial charge in [0.1, 0.15) is 0 Å². The summed E-state index contributed by atoms with van der Waals surface area (Å²) in [5, 5.41) is 6.91. The molecule has 0 aliphatic carbocycles. The van der Waals surface area contributed by atoms with E-state index >= 15 is 0 Å². The standard InChI is InChI=1S/C18H15Si.C12H9N/c1-4-10-16(11-5-1)19(17-12-6-2-7-13-17)18-14-8-3-9-15-18;1-3-7-11-9(5-1)10-6-2-4-8-12(10)13-11/h1-15H;1-8,13H. The highest BCUT2D eigenvalue weighted by molar-refractivity contribution is 6.95. The Morgan fingerprint density at radius 2 is 0.656 bits per heavy atom. The number of aromatic nitrogens is 1. The Labute approximate surface area is 190 Å². The van der Waals surface area contributed by atoms with Gasteiger partial charge in [-0.3, -0.25) is 0 Å². The van der Waals surface area contributed by atoms with E-state index in [-0.39, 0.29) is 0 Å². The van der Waals surface area contributed by atoms with E-state index in [4.69, 9.17) is 0 Å². The van der Waals surface area contributed by atoms with Gasteiger partial charge in [0.25, 0.3) is 0 Å². The minimum atomic E-state index is -0.877. The Morgan fingerprint density at radius 3 is 1.03 bits per heavy atom. The first-order chi connectivity index (χ1) is 15.9. The third-order valence-electron chi connectivity index (χ3n) is 5.60. The number of benzene rings is 5. The van der Waals surface area contributed by atoms with Crippen LogP contribution in [0.2, 0.25) is 0 Å². The van der Waals surface area contributed by atoms with Crippen molar-refractivity contribution in [2.75, 3.05) is 0 Å². The second kappa shape index (κ2) is 9.50. The molecular weight excluding hydrogens is 402 g/mol. The smallest absolute Gasteiger partial charge is 0.154 e. The van der Waals surface area contributed by atoms with Crippen LogP contribution in [0, 0.1) is 0 Å². The molecule has 0 amide bonds. The number of nitrogens with one attached hydrogen (secondary N) is 1. The van der Waals surface area contributed by atoms with Crippen molar-refractivity contribution in [1.29, 1.82) is 0 Å². The molecule has 1 aromatic heterocycles. The fourth-order valence-corrected chi connectivity index (χ4v) is 6.69. The largest absolute Gasteiger partial charge is 0.355 e. The van der Waals surface area contributed by atoms with E-state index < -0.39 is 8.80 Å². The number of aromatic amines is 1. The lowest BCUT2D eigenvalue weighted by Gasteiger charge is -2.16. The fourth-order valence-electron chi connectivity index (χ4n) is 4.11. The second-order valence-electron chi connectivity index (χ2n) is 7.69. The van der Waals surface area contributed by atoms with Gasteiger partial charge in [-0.15, -0.1) is 0 Å². The summed E-state index contributed by atoms with van der Waals surface area (Å²) in [4.78, 5) is 3.38. The first kappa shape index (κ1) is 20.0. The Balaban J connectivity index is 0.000000144. The van der Waals surface area contributed by atoms with Crippen LogP contribution in [0.1, 0.15) is 0 Å². The molecule has 1 nitrogen and oxygen atoms in total. The Hall–Kier alpha value is -3.88. The van der Waals surface area contributed by atoms with Gasteiger partial charge in [-0.1, -0.05) is 143 Å². The Kier molecular flexibility index (Phi) is 5.95. The summed E-state index contributed by atoms with van der Waals surface area (Å²) in [6.07, 6.45) is 0. The lowest BCUT2D eigenvalue weighted by molar-refractivity contribution is 1.55. The first-order valence-corrected chi connectivity index (χ1v) is 12.4. The van der Waals surface area contributed by atoms with Gasteiger partial charge in [0, 0.05) is 21.8 Å². The molecule has 153 valence electrons. The molecule has 0 bridgehead atoms. The highest BCUT2D eigenvalue weighted by Crippen LogP contribution is 2.24. The molecule has 0 aliphatic heterocycles. The molecule has 0 atom stereocenters. The molecule has 0 saturated heterocycles. The van der Waals surface area contributed by atoms with E-state index in [1.165, 1.54) is 37.4 Å². The van der Waals surface area contributed by atoms with Crippen molar-refractivity contribution in [2.24, 2.45) is 0 Å². The molecule has 5 aromatic carbocycles. The van der Waals surface area contributed by atoms with Crippen LogP contribution in [0.3, 0.4) is 0 Å². The maximum Gasteiger partial charge on any atom is 0.154 e. The molecular formula is C30H24NSi. The third kappa shape index (κ3) is 4.27. The SMILES string of the molecule is c1ccc([Si](c2ccccc2)c2ccccc2)cc1.c1ccc2c(c1)[nH]c1ccccc12. The van der Waals surface area contributed by atoms with Gasteiger partial charge >= 0.3 is 0 Å². The maximum atomic E-state index is 3.38. The van der Waals surface area contributed by atoms with Gasteiger partial charge in [-0.25, -0.2) is 0 Å². The van der Waals surface area contributed by atoms with E-state index in [9.17, 15) is 0 Å². The monoisotopic (exact) mass is 426 g/mol. The second-order valence-corrected chi connectivity index (χ2v) is 10.2. The number of hydrogen-bond acceptors (Lipinski definition) is 0. The number of para-hydroxylation sites is 2. The summed E-state index contributed by atoms with van der Waals surface area (Å²) in [7, 11) is -0.877. The van der Waals surface area contributed by atoms with Crippen LogP contribution in [-0.2, 0) is 0 Å². The zero-order chi connectivity index (χ0) is 21.6. The van der Waals surface area contributed by atoms with E-state index in [1.807, 2.05) is 0 Å². The summed E-state index contributed by atoms with van der Waals surface area (Å²) in [5.74, 6) is 0. The molecule has 0 aliphatic rings. The van der Waals surface area contributed by atoms with Crippen molar-refractivity contribution in [2.45, 2.75) is 0 Å². The van der Waals surface area contributed by atoms with Crippen LogP contribution < -0.4 is 15.6 Å². The average molecular weight is 427 g/mol. The van der Waals surface area contributed by atoms with Gasteiger partial charge in [0.05, 0.1) is 0 Å². The molecule has 32 heavy (non-hydrogen) atoms. The van der Waals surface area contributed by atoms with E-state index in [0.717, 1.165) is 0 Å². The average Bonchev–Trinajstić information content (AvgIpc) is 3.26. The van der Waals surface area contributed by atoms with Crippen LogP contribution in [0.25, 0.3) is 21.8 Å². The molecule has 0 unspecified atom stereocenters. The minimum absolute atomic E-state index is 0.877. The summed E-state index contributed by atoms with van der Waals surface area (Å²) in [6, 6.07) is 49.3. The van der Waals surface area contributed by atoms with Gasteiger partial charge in [-0.05, 0) is 12.1 Å². The molecule has 1 radical (unpaired) electrons. The van der Waals surface area contributed by atoms with Crippen LogP contribution in [0.15, 0.2) is 140 Å². The molecule has 6 aromatic rings. The van der Waals surface area contributed by atoms with Gasteiger partial charge in [0.2, 0.25) is 0 Å². The zero-order valence-corrected chi connectivity index (χ0v) is 18.8. The van der Waals surface area contributed by atoms with Crippen molar-refractivity contribution < 1.29 is 0 Å². The fraction of sp³-hybridized carbons (Fsp3) is 0. The molecule has 1 N–H and O–H groups in total. The van der Waals surface area contributed by atoms with Crippen LogP contribution >= 0.6 is 0 Å². The van der Waals surface area contributed by atoms with Gasteiger partial charge in [-0.2, -0.15) is 0 Å². The number of fused-ring (bicyclic) bond motifs is 3. The Bertz CT molecular complexity index is 1260. The summed E-state index contributed by atoms with van der Waals surface area (Å²) in [6.45, 7) is 0. The first-order valence-electron chi connectivity index (χ1n) is 10.9. The minimum Gasteiger partial charge on any atom is -0.355 e. The van der Waals surface area contributed by atoms with E-state index in [0.29, 0.717) is 0 Å². The van der Waals surface area contributed by atoms with Crippen molar-refractivity contribution in [3.63, 3.8) is 0 Å². The predicted octanol–water partition coefficient (Wildman–Crippen LogP) is 5.52. The summed E-state index contributed by atoms with van der Waals surface area (Å²) < 4.78 is 0. The lowest BCUT2D eigenvalue weighted by atomic mass is 10.2. The third-order valence-corrected chi connectivity index (χ3v) is 8.33. The highest BCUT2D eigenvalue weighted by Gasteiger charge is 2.18. The lowest BCUT2D eigenvalue weighted by Crippen LogP contribution is -2.51. The van der Waals surface area contributed by atoms with Crippen LogP contribution in [0.4, 0.5) is 0 Å². The molecule has 2 heteroatoms. The van der Waals surface area contributed by atoms with Crippen molar-refractivity contribution in [3.8, 4) is 0 Å². The van der Waals surface area contributed by atoms with Crippen molar-refractivity contribution in [3.05, 3.63) is 140 Å². The highest BCUT2D eigenvalue weighted by atomic mass is 28.3. The maximum absolute atomic E-state index is 3.38. The Morgan fingerprint density at radius 1 is 0.344 bits per heavy atom.